The molecule has 3 rings (SSSR count). The number of ether oxygens (including phenoxy) is 2. The number of guanidine groups is 1. The molecule has 26 heavy (non-hydrogen) atoms. The van der Waals surface area contributed by atoms with Gasteiger partial charge in [0.05, 0.1) is 13.7 Å². The van der Waals surface area contributed by atoms with Crippen LogP contribution in [0.3, 0.4) is 0 Å². The highest BCUT2D eigenvalue weighted by molar-refractivity contribution is 5.92. The van der Waals surface area contributed by atoms with Gasteiger partial charge in [-0.25, -0.2) is 0 Å². The number of nitrogens with two attached hydrogens (primary N) is 1. The number of nitrogens with zero attached hydrogens (tertiary/aromatic N) is 1. The Balaban J connectivity index is 1.34. The summed E-state index contributed by atoms with van der Waals surface area (Å²) in [6.07, 6.45) is 4.44. The molecule has 0 saturated heterocycles. The molecule has 2 aromatic rings. The Morgan fingerprint density at radius 3 is 2.73 bits per heavy atom. The molecule has 0 atom stereocenters. The maximum Gasteiger partial charge on any atom is 0.193 e. The van der Waals surface area contributed by atoms with E-state index in [9.17, 15) is 0 Å². The van der Waals surface area contributed by atoms with Crippen LogP contribution >= 0.6 is 0 Å². The van der Waals surface area contributed by atoms with Gasteiger partial charge in [-0.2, -0.15) is 0 Å². The van der Waals surface area contributed by atoms with Crippen molar-refractivity contribution in [2.75, 3.05) is 25.6 Å². The molecular weight excluding hydrogens is 326 g/mol. The summed E-state index contributed by atoms with van der Waals surface area (Å²) < 4.78 is 10.8. The van der Waals surface area contributed by atoms with Gasteiger partial charge in [-0.05, 0) is 66.6 Å². The first-order valence-corrected chi connectivity index (χ1v) is 9.14. The number of methoxy groups -OCH3 is 1. The van der Waals surface area contributed by atoms with Crippen LogP contribution in [0.25, 0.3) is 0 Å². The molecule has 0 unspecified atom stereocenters. The van der Waals surface area contributed by atoms with Crippen molar-refractivity contribution in [3.8, 4) is 5.75 Å². The van der Waals surface area contributed by atoms with Crippen LogP contribution in [0.2, 0.25) is 0 Å². The molecular formula is C21H27N3O2. The van der Waals surface area contributed by atoms with E-state index in [1.54, 1.807) is 7.11 Å². The summed E-state index contributed by atoms with van der Waals surface area (Å²) in [6, 6.07) is 14.3. The molecule has 5 nitrogen and oxygen atoms in total. The third kappa shape index (κ3) is 5.23. The Kier molecular flexibility index (Phi) is 6.50. The van der Waals surface area contributed by atoms with Gasteiger partial charge in [0.2, 0.25) is 0 Å². The van der Waals surface area contributed by atoms with Crippen molar-refractivity contribution in [2.45, 2.75) is 32.3 Å². The summed E-state index contributed by atoms with van der Waals surface area (Å²) in [5.41, 5.74) is 11.0. The second kappa shape index (κ2) is 9.25. The summed E-state index contributed by atoms with van der Waals surface area (Å²) in [5, 5.41) is 3.17. The maximum absolute atomic E-state index is 5.97. The van der Waals surface area contributed by atoms with Gasteiger partial charge in [0.25, 0.3) is 0 Å². The number of rotatable bonds is 8. The number of fused-ring (bicyclic) bond motifs is 1. The lowest BCUT2D eigenvalue weighted by Crippen LogP contribution is -2.23. The predicted molar refractivity (Wildman–Crippen MR) is 106 cm³/mol. The van der Waals surface area contributed by atoms with Crippen molar-refractivity contribution in [1.82, 2.24) is 0 Å². The zero-order valence-electron chi connectivity index (χ0n) is 15.3. The number of anilines is 1. The van der Waals surface area contributed by atoms with Crippen molar-refractivity contribution in [3.05, 3.63) is 59.2 Å². The van der Waals surface area contributed by atoms with Gasteiger partial charge < -0.3 is 20.5 Å². The minimum absolute atomic E-state index is 0.457. The maximum atomic E-state index is 5.97. The average molecular weight is 353 g/mol. The van der Waals surface area contributed by atoms with E-state index in [-0.39, 0.29) is 0 Å². The molecule has 5 heteroatoms. The lowest BCUT2D eigenvalue weighted by molar-refractivity contribution is 0.120. The summed E-state index contributed by atoms with van der Waals surface area (Å²) in [5.74, 6) is 1.31. The molecule has 2 aromatic carbocycles. The quantitative estimate of drug-likeness (QED) is 0.433. The molecule has 0 spiro atoms. The van der Waals surface area contributed by atoms with Gasteiger partial charge in [0.15, 0.2) is 5.96 Å². The van der Waals surface area contributed by atoms with Gasteiger partial charge in [-0.15, -0.1) is 0 Å². The second-order valence-corrected chi connectivity index (χ2v) is 6.48. The highest BCUT2D eigenvalue weighted by Gasteiger charge is 2.10. The van der Waals surface area contributed by atoms with Crippen LogP contribution < -0.4 is 15.8 Å². The highest BCUT2D eigenvalue weighted by atomic mass is 16.5. The number of hydrogen-bond donors (Lipinski definition) is 2. The molecule has 138 valence electrons. The predicted octanol–water partition coefficient (Wildman–Crippen LogP) is 3.52. The van der Waals surface area contributed by atoms with Crippen LogP contribution in [0.4, 0.5) is 5.69 Å². The second-order valence-electron chi connectivity index (χ2n) is 6.48. The lowest BCUT2D eigenvalue weighted by Gasteiger charge is -2.08. The monoisotopic (exact) mass is 353 g/mol. The van der Waals surface area contributed by atoms with Crippen molar-refractivity contribution in [1.29, 1.82) is 0 Å². The SMILES string of the molecule is COc1ccc(COCCCN=C(N)Nc2ccc3c(c2)CCC3)cc1. The van der Waals surface area contributed by atoms with Crippen LogP contribution in [-0.2, 0) is 24.2 Å². The standard InChI is InChI=1S/C21H27N3O2/c1-25-20-10-6-16(7-11-20)15-26-13-3-12-23-21(22)24-19-9-8-17-4-2-5-18(17)14-19/h6-11,14H,2-5,12-13,15H2,1H3,(H3,22,23,24). The molecule has 0 bridgehead atoms. The van der Waals surface area contributed by atoms with Gasteiger partial charge >= 0.3 is 0 Å². The van der Waals surface area contributed by atoms with E-state index >= 15 is 0 Å². The smallest absolute Gasteiger partial charge is 0.193 e. The van der Waals surface area contributed by atoms with E-state index in [1.165, 1.54) is 24.0 Å². The number of hydrogen-bond acceptors (Lipinski definition) is 3. The molecule has 0 aliphatic heterocycles. The first kappa shape index (κ1) is 18.3. The molecule has 0 radical (unpaired) electrons. The summed E-state index contributed by atoms with van der Waals surface area (Å²) in [6.45, 7) is 1.89. The van der Waals surface area contributed by atoms with Crippen LogP contribution in [-0.4, -0.2) is 26.2 Å². The van der Waals surface area contributed by atoms with E-state index in [4.69, 9.17) is 15.2 Å². The van der Waals surface area contributed by atoms with Crippen molar-refractivity contribution < 1.29 is 9.47 Å². The molecule has 0 heterocycles. The molecule has 0 aromatic heterocycles. The molecule has 0 amide bonds. The minimum Gasteiger partial charge on any atom is -0.497 e. The highest BCUT2D eigenvalue weighted by Crippen LogP contribution is 2.24. The van der Waals surface area contributed by atoms with E-state index in [1.807, 2.05) is 24.3 Å². The fourth-order valence-electron chi connectivity index (χ4n) is 3.11. The van der Waals surface area contributed by atoms with Crippen LogP contribution in [0.1, 0.15) is 29.5 Å². The molecule has 3 N–H and O–H groups in total. The number of aryl methyl sites for hydroxylation is 2. The molecule has 1 aliphatic rings. The Morgan fingerprint density at radius 1 is 1.12 bits per heavy atom. The number of nitrogens with one attached hydrogen (secondary N) is 1. The van der Waals surface area contributed by atoms with E-state index in [0.29, 0.717) is 25.7 Å². The van der Waals surface area contributed by atoms with Crippen LogP contribution in [0, 0.1) is 0 Å². The van der Waals surface area contributed by atoms with Crippen LogP contribution in [0.5, 0.6) is 5.75 Å². The van der Waals surface area contributed by atoms with Crippen molar-refractivity contribution in [2.24, 2.45) is 10.7 Å². The summed E-state index contributed by atoms with van der Waals surface area (Å²) in [4.78, 5) is 4.37. The normalized spacial score (nSPS) is 13.5. The Hall–Kier alpha value is -2.53. The van der Waals surface area contributed by atoms with Crippen LogP contribution in [0.15, 0.2) is 47.5 Å². The number of benzene rings is 2. The zero-order chi connectivity index (χ0) is 18.2. The van der Waals surface area contributed by atoms with Gasteiger partial charge in [-0.3, -0.25) is 4.99 Å². The third-order valence-corrected chi connectivity index (χ3v) is 4.53. The van der Waals surface area contributed by atoms with E-state index in [2.05, 4.69) is 28.5 Å². The zero-order valence-corrected chi connectivity index (χ0v) is 15.3. The average Bonchev–Trinajstić information content (AvgIpc) is 3.13. The largest absolute Gasteiger partial charge is 0.497 e. The first-order chi connectivity index (χ1) is 12.7. The van der Waals surface area contributed by atoms with E-state index < -0.39 is 0 Å². The Labute approximate surface area is 155 Å². The molecule has 0 fully saturated rings. The fraction of sp³-hybridized carbons (Fsp3) is 0.381. The van der Waals surface area contributed by atoms with Crippen molar-refractivity contribution in [3.63, 3.8) is 0 Å². The van der Waals surface area contributed by atoms with Gasteiger partial charge in [0.1, 0.15) is 5.75 Å². The van der Waals surface area contributed by atoms with Gasteiger partial charge in [0, 0.05) is 18.8 Å². The van der Waals surface area contributed by atoms with Gasteiger partial charge in [-0.1, -0.05) is 18.2 Å². The third-order valence-electron chi connectivity index (χ3n) is 4.53. The topological polar surface area (TPSA) is 68.9 Å². The molecule has 0 saturated carbocycles. The summed E-state index contributed by atoms with van der Waals surface area (Å²) in [7, 11) is 1.66. The van der Waals surface area contributed by atoms with Crippen molar-refractivity contribution >= 4 is 11.6 Å². The summed E-state index contributed by atoms with van der Waals surface area (Å²) >= 11 is 0. The Bertz CT molecular complexity index is 741. The Morgan fingerprint density at radius 2 is 1.92 bits per heavy atom. The molecule has 1 aliphatic carbocycles. The first-order valence-electron chi connectivity index (χ1n) is 9.14. The van der Waals surface area contributed by atoms with E-state index in [0.717, 1.165) is 29.8 Å². The minimum atomic E-state index is 0.457. The lowest BCUT2D eigenvalue weighted by atomic mass is 10.1. The fourth-order valence-corrected chi connectivity index (χ4v) is 3.11. The number of aliphatic imine (C=N–C) groups is 1.